The Balaban J connectivity index is 3.25. The molecule has 0 heterocycles. The summed E-state index contributed by atoms with van der Waals surface area (Å²) < 4.78 is 0. The molecule has 8 heteroatoms. The molecule has 0 radical (unpaired) electrons. The number of carboxylic acids is 1. The molecule has 0 aromatic heterocycles. The molecule has 0 bridgehead atoms. The molecule has 2 amide bonds. The number of hydrogen-bond acceptors (Lipinski definition) is 5. The number of nitrogens with two attached hydrogens (primary N) is 1. The van der Waals surface area contributed by atoms with E-state index in [0.717, 1.165) is 0 Å². The Hall–Kier alpha value is -3.00. The molecule has 3 atom stereocenters. The van der Waals surface area contributed by atoms with Gasteiger partial charge in [-0.3, -0.25) is 14.4 Å². The van der Waals surface area contributed by atoms with E-state index >= 15 is 0 Å². The first-order valence-corrected chi connectivity index (χ1v) is 11.7. The van der Waals surface area contributed by atoms with Gasteiger partial charge in [-0.25, -0.2) is 4.79 Å². The van der Waals surface area contributed by atoms with Gasteiger partial charge in [-0.05, 0) is 41.7 Å². The molecule has 34 heavy (non-hydrogen) atoms. The molecular formula is C26H39N3O5. The quantitative estimate of drug-likeness (QED) is 0.257. The minimum atomic E-state index is -1.12. The number of nitrogens with one attached hydrogen (secondary N) is 2. The number of rotatable bonds is 13. The molecule has 0 aliphatic carbocycles. The highest BCUT2D eigenvalue weighted by Crippen LogP contribution is 2.24. The Kier molecular flexibility index (Phi) is 11.7. The second-order valence-corrected chi connectivity index (χ2v) is 9.79. The molecule has 0 fully saturated rings. The fraction of sp³-hybridized carbons (Fsp3) is 0.538. The van der Waals surface area contributed by atoms with E-state index in [1.165, 1.54) is 6.08 Å². The molecule has 1 rings (SSSR count). The third-order valence-corrected chi connectivity index (χ3v) is 5.42. The molecule has 0 spiro atoms. The summed E-state index contributed by atoms with van der Waals surface area (Å²) in [6, 6.07) is 4.38. The third kappa shape index (κ3) is 9.09. The van der Waals surface area contributed by atoms with Crippen molar-refractivity contribution in [3.63, 3.8) is 0 Å². The molecule has 188 valence electrons. The van der Waals surface area contributed by atoms with Crippen LogP contribution in [0.2, 0.25) is 0 Å². The van der Waals surface area contributed by atoms with Crippen LogP contribution in [0.15, 0.2) is 30.3 Å². The highest BCUT2D eigenvalue weighted by Gasteiger charge is 2.28. The molecule has 1 aromatic rings. The number of carbonyl (C=O) groups is 4. The molecule has 0 unspecified atom stereocenters. The van der Waals surface area contributed by atoms with Crippen LogP contribution in [0.25, 0.3) is 5.57 Å². The van der Waals surface area contributed by atoms with Gasteiger partial charge < -0.3 is 21.5 Å². The lowest BCUT2D eigenvalue weighted by Gasteiger charge is -2.24. The lowest BCUT2D eigenvalue weighted by atomic mass is 9.88. The lowest BCUT2D eigenvalue weighted by molar-refractivity contribution is -0.142. The van der Waals surface area contributed by atoms with Gasteiger partial charge in [-0.15, -0.1) is 0 Å². The summed E-state index contributed by atoms with van der Waals surface area (Å²) in [5.74, 6) is -2.08. The van der Waals surface area contributed by atoms with Crippen molar-refractivity contribution in [3.8, 4) is 0 Å². The van der Waals surface area contributed by atoms with E-state index in [1.54, 1.807) is 24.3 Å². The second-order valence-electron chi connectivity index (χ2n) is 9.79. The number of carbonyl (C=O) groups excluding carboxylic acids is 3. The number of aliphatic carboxylic acids is 1. The van der Waals surface area contributed by atoms with Crippen LogP contribution in [0.4, 0.5) is 0 Å². The van der Waals surface area contributed by atoms with Crippen LogP contribution in [0.3, 0.4) is 0 Å². The number of benzene rings is 1. The van der Waals surface area contributed by atoms with Gasteiger partial charge in [0.15, 0.2) is 6.29 Å². The molecule has 0 aliphatic rings. The Morgan fingerprint density at radius 2 is 1.50 bits per heavy atom. The number of amides is 2. The minimum absolute atomic E-state index is 0.0131. The van der Waals surface area contributed by atoms with Gasteiger partial charge in [-0.1, -0.05) is 65.8 Å². The topological polar surface area (TPSA) is 139 Å². The van der Waals surface area contributed by atoms with Crippen molar-refractivity contribution in [2.75, 3.05) is 0 Å². The zero-order valence-corrected chi connectivity index (χ0v) is 21.0. The molecular weight excluding hydrogens is 434 g/mol. The first-order valence-electron chi connectivity index (χ1n) is 11.7. The molecule has 0 saturated carbocycles. The van der Waals surface area contributed by atoms with Gasteiger partial charge in [0.2, 0.25) is 11.8 Å². The minimum Gasteiger partial charge on any atom is -0.480 e. The van der Waals surface area contributed by atoms with Crippen molar-refractivity contribution in [1.29, 1.82) is 0 Å². The van der Waals surface area contributed by atoms with Crippen LogP contribution >= 0.6 is 0 Å². The smallest absolute Gasteiger partial charge is 0.326 e. The monoisotopic (exact) mass is 473 g/mol. The van der Waals surface area contributed by atoms with Crippen molar-refractivity contribution in [3.05, 3.63) is 41.5 Å². The van der Waals surface area contributed by atoms with Crippen molar-refractivity contribution >= 4 is 29.6 Å². The van der Waals surface area contributed by atoms with Crippen LogP contribution in [-0.4, -0.2) is 47.3 Å². The van der Waals surface area contributed by atoms with Gasteiger partial charge >= 0.3 is 5.97 Å². The standard InChI is InChI=1S/C26H39N3O5/c1-15(2)11-21(25(32)29-22(26(33)34)12-16(3)4)28-23(31)13-20(24(27)17(5)6)19-10-8-7-9-18(19)14-30/h7-10,13-17,21-22,24H,11-12,27H2,1-6H3,(H,28,31)(H,29,32)(H,33,34)/b20-13-/t21-,22-,24-/m0/s1. The molecule has 0 aliphatic heterocycles. The van der Waals surface area contributed by atoms with E-state index in [9.17, 15) is 24.3 Å². The summed E-state index contributed by atoms with van der Waals surface area (Å²) >= 11 is 0. The first-order chi connectivity index (χ1) is 15.9. The maximum absolute atomic E-state index is 13.0. The fourth-order valence-corrected chi connectivity index (χ4v) is 3.60. The molecule has 0 saturated heterocycles. The Bertz CT molecular complexity index is 892. The van der Waals surface area contributed by atoms with E-state index in [1.807, 2.05) is 41.5 Å². The maximum atomic E-state index is 13.0. The third-order valence-electron chi connectivity index (χ3n) is 5.42. The van der Waals surface area contributed by atoms with Gasteiger partial charge in [0.25, 0.3) is 0 Å². The van der Waals surface area contributed by atoms with Crippen molar-refractivity contribution in [2.45, 2.75) is 72.5 Å². The first kappa shape index (κ1) is 29.0. The fourth-order valence-electron chi connectivity index (χ4n) is 3.60. The van der Waals surface area contributed by atoms with Gasteiger partial charge in [0.1, 0.15) is 12.1 Å². The van der Waals surface area contributed by atoms with Crippen LogP contribution < -0.4 is 16.4 Å². The van der Waals surface area contributed by atoms with E-state index in [2.05, 4.69) is 10.6 Å². The van der Waals surface area contributed by atoms with E-state index in [0.29, 0.717) is 29.4 Å². The average molecular weight is 474 g/mol. The summed E-state index contributed by atoms with van der Waals surface area (Å²) in [5, 5.41) is 14.7. The lowest BCUT2D eigenvalue weighted by Crippen LogP contribution is -2.52. The largest absolute Gasteiger partial charge is 0.480 e. The van der Waals surface area contributed by atoms with Gasteiger partial charge in [-0.2, -0.15) is 0 Å². The second kappa shape index (κ2) is 13.6. The van der Waals surface area contributed by atoms with Crippen molar-refractivity contribution < 1.29 is 24.3 Å². The number of aldehydes is 1. The summed E-state index contributed by atoms with van der Waals surface area (Å²) in [6.45, 7) is 11.4. The summed E-state index contributed by atoms with van der Waals surface area (Å²) in [5.41, 5.74) is 7.83. The average Bonchev–Trinajstić information content (AvgIpc) is 2.75. The SMILES string of the molecule is CC(C)C[C@H](NC(=O)[C@H](CC(C)C)NC(=O)/C=C(/c1ccccc1C=O)[C@@H](N)C(C)C)C(=O)O. The maximum Gasteiger partial charge on any atom is 0.326 e. The van der Waals surface area contributed by atoms with Gasteiger partial charge in [0.05, 0.1) is 0 Å². The molecule has 1 aromatic carbocycles. The van der Waals surface area contributed by atoms with Crippen molar-refractivity contribution in [1.82, 2.24) is 10.6 Å². The van der Waals surface area contributed by atoms with Crippen LogP contribution in [0, 0.1) is 17.8 Å². The predicted molar refractivity (Wildman–Crippen MR) is 133 cm³/mol. The number of hydrogen-bond donors (Lipinski definition) is 4. The Morgan fingerprint density at radius 1 is 0.941 bits per heavy atom. The number of carboxylic acid groups (broad SMARTS) is 1. The normalized spacial score (nSPS) is 14.6. The van der Waals surface area contributed by atoms with Crippen molar-refractivity contribution in [2.24, 2.45) is 23.5 Å². The van der Waals surface area contributed by atoms with Crippen LogP contribution in [-0.2, 0) is 14.4 Å². The highest BCUT2D eigenvalue weighted by molar-refractivity contribution is 6.00. The van der Waals surface area contributed by atoms with Crippen LogP contribution in [0.1, 0.15) is 70.3 Å². The summed E-state index contributed by atoms with van der Waals surface area (Å²) in [6.07, 6.45) is 2.65. The summed E-state index contributed by atoms with van der Waals surface area (Å²) in [7, 11) is 0. The zero-order valence-electron chi connectivity index (χ0n) is 21.0. The van der Waals surface area contributed by atoms with Gasteiger partial charge in [0, 0.05) is 17.7 Å². The Labute approximate surface area is 202 Å². The van der Waals surface area contributed by atoms with E-state index < -0.39 is 35.9 Å². The van der Waals surface area contributed by atoms with Crippen LogP contribution in [0.5, 0.6) is 0 Å². The Morgan fingerprint density at radius 3 is 2.00 bits per heavy atom. The molecule has 8 nitrogen and oxygen atoms in total. The predicted octanol–water partition coefficient (Wildman–Crippen LogP) is 3.01. The highest BCUT2D eigenvalue weighted by atomic mass is 16.4. The summed E-state index contributed by atoms with van der Waals surface area (Å²) in [4.78, 5) is 49.1. The van der Waals surface area contributed by atoms with E-state index in [4.69, 9.17) is 5.73 Å². The molecule has 5 N–H and O–H groups in total. The zero-order chi connectivity index (χ0) is 26.0. The van der Waals surface area contributed by atoms with E-state index in [-0.39, 0.29) is 24.2 Å².